The highest BCUT2D eigenvalue weighted by Gasteiger charge is 2.30. The molecule has 2 heterocycles. The first-order valence-corrected chi connectivity index (χ1v) is 7.68. The van der Waals surface area contributed by atoms with Crippen LogP contribution in [-0.2, 0) is 11.3 Å². The summed E-state index contributed by atoms with van der Waals surface area (Å²) in [5.74, 6) is -0.0684. The molecule has 1 saturated heterocycles. The Morgan fingerprint density at radius 2 is 2.18 bits per heavy atom. The fraction of sp³-hybridized carbons (Fsp3) is 0.667. The minimum atomic E-state index is -0.727. The van der Waals surface area contributed by atoms with Crippen molar-refractivity contribution in [3.63, 3.8) is 0 Å². The second-order valence-electron chi connectivity index (χ2n) is 6.12. The molecule has 2 rings (SSSR count). The Labute approximate surface area is 130 Å². The van der Waals surface area contributed by atoms with Gasteiger partial charge < -0.3 is 14.9 Å². The lowest BCUT2D eigenvalue weighted by molar-refractivity contribution is -0.131. The summed E-state index contributed by atoms with van der Waals surface area (Å²) in [7, 11) is 0. The van der Waals surface area contributed by atoms with Crippen LogP contribution in [0.3, 0.4) is 0 Å². The molecule has 7 heteroatoms. The summed E-state index contributed by atoms with van der Waals surface area (Å²) in [6.45, 7) is 7.68. The zero-order valence-electron chi connectivity index (χ0n) is 13.4. The molecular weight excluding hydrogens is 284 g/mol. The zero-order valence-corrected chi connectivity index (χ0v) is 13.4. The van der Waals surface area contributed by atoms with Crippen LogP contribution in [0.25, 0.3) is 0 Å². The van der Waals surface area contributed by atoms with Crippen molar-refractivity contribution >= 4 is 11.8 Å². The first-order chi connectivity index (χ1) is 10.4. The number of hydrogen-bond donors (Lipinski definition) is 1. The summed E-state index contributed by atoms with van der Waals surface area (Å²) in [4.78, 5) is 27.8. The summed E-state index contributed by atoms with van der Waals surface area (Å²) in [6.07, 6.45) is 2.44. The fourth-order valence-corrected chi connectivity index (χ4v) is 2.60. The van der Waals surface area contributed by atoms with E-state index in [4.69, 9.17) is 0 Å². The molecule has 0 spiro atoms. The van der Waals surface area contributed by atoms with Crippen molar-refractivity contribution in [2.75, 3.05) is 26.2 Å². The van der Waals surface area contributed by atoms with E-state index in [0.717, 1.165) is 0 Å². The van der Waals surface area contributed by atoms with Crippen LogP contribution < -0.4 is 0 Å². The monoisotopic (exact) mass is 308 g/mol. The Morgan fingerprint density at radius 3 is 2.77 bits per heavy atom. The van der Waals surface area contributed by atoms with Gasteiger partial charge in [0.05, 0.1) is 17.9 Å². The lowest BCUT2D eigenvalue weighted by Gasteiger charge is -2.23. The van der Waals surface area contributed by atoms with Gasteiger partial charge in [-0.3, -0.25) is 14.3 Å². The van der Waals surface area contributed by atoms with Crippen molar-refractivity contribution in [1.82, 2.24) is 19.6 Å². The molecule has 1 N–H and O–H groups in total. The van der Waals surface area contributed by atoms with E-state index in [1.165, 1.54) is 11.1 Å². The molecule has 22 heavy (non-hydrogen) atoms. The normalized spacial score (nSPS) is 19.7. The van der Waals surface area contributed by atoms with E-state index in [9.17, 15) is 14.7 Å². The molecular formula is C15H24N4O3. The second-order valence-corrected chi connectivity index (χ2v) is 6.12. The summed E-state index contributed by atoms with van der Waals surface area (Å²) in [5.41, 5.74) is 0.444. The van der Waals surface area contributed by atoms with Crippen LogP contribution in [0.1, 0.15) is 31.1 Å². The number of aliphatic hydroxyl groups excluding tert-OH is 1. The Hall–Kier alpha value is -1.89. The van der Waals surface area contributed by atoms with Crippen molar-refractivity contribution in [2.24, 2.45) is 5.92 Å². The molecule has 2 amide bonds. The van der Waals surface area contributed by atoms with E-state index in [1.54, 1.807) is 15.8 Å². The van der Waals surface area contributed by atoms with Crippen LogP contribution in [0.2, 0.25) is 0 Å². The minimum absolute atomic E-state index is 0.0000810. The molecule has 0 radical (unpaired) electrons. The highest BCUT2D eigenvalue weighted by molar-refractivity contribution is 5.96. The van der Waals surface area contributed by atoms with Gasteiger partial charge in [0, 0.05) is 32.4 Å². The van der Waals surface area contributed by atoms with Gasteiger partial charge >= 0.3 is 0 Å². The van der Waals surface area contributed by atoms with Gasteiger partial charge in [0.2, 0.25) is 5.91 Å². The number of aliphatic hydroxyl groups is 1. The summed E-state index contributed by atoms with van der Waals surface area (Å²) < 4.78 is 1.66. The molecule has 7 nitrogen and oxygen atoms in total. The van der Waals surface area contributed by atoms with Crippen LogP contribution in [0.15, 0.2) is 12.4 Å². The first kappa shape index (κ1) is 16.5. The Morgan fingerprint density at radius 1 is 1.45 bits per heavy atom. The SMILES string of the molecule is CCn1cc(C(=O)N2CC(=O)N(CC(C)C)CC(O)C2)cn1. The molecule has 1 aliphatic rings. The summed E-state index contributed by atoms with van der Waals surface area (Å²) in [5, 5.41) is 14.2. The number of aromatic nitrogens is 2. The molecule has 1 atom stereocenters. The highest BCUT2D eigenvalue weighted by Crippen LogP contribution is 2.12. The van der Waals surface area contributed by atoms with Crippen LogP contribution in [-0.4, -0.2) is 68.8 Å². The third-order valence-electron chi connectivity index (χ3n) is 3.62. The van der Waals surface area contributed by atoms with E-state index in [0.29, 0.717) is 24.6 Å². The van der Waals surface area contributed by atoms with Crippen LogP contribution in [0.4, 0.5) is 0 Å². The van der Waals surface area contributed by atoms with Crippen molar-refractivity contribution in [3.05, 3.63) is 18.0 Å². The number of amides is 2. The number of hydrogen-bond acceptors (Lipinski definition) is 4. The highest BCUT2D eigenvalue weighted by atomic mass is 16.3. The maximum atomic E-state index is 12.5. The Bertz CT molecular complexity index is 541. The average Bonchev–Trinajstić information content (AvgIpc) is 2.88. The van der Waals surface area contributed by atoms with E-state index in [1.807, 2.05) is 20.8 Å². The Kier molecular flexibility index (Phi) is 5.18. The number of nitrogens with zero attached hydrogens (tertiary/aromatic N) is 4. The van der Waals surface area contributed by atoms with Gasteiger partial charge in [-0.05, 0) is 12.8 Å². The number of rotatable bonds is 4. The average molecular weight is 308 g/mol. The third kappa shape index (κ3) is 3.85. The Balaban J connectivity index is 2.11. The van der Waals surface area contributed by atoms with Crippen molar-refractivity contribution < 1.29 is 14.7 Å². The van der Waals surface area contributed by atoms with E-state index in [-0.39, 0.29) is 31.4 Å². The lowest BCUT2D eigenvalue weighted by atomic mass is 10.2. The van der Waals surface area contributed by atoms with Crippen molar-refractivity contribution in [2.45, 2.75) is 33.4 Å². The van der Waals surface area contributed by atoms with Crippen LogP contribution >= 0.6 is 0 Å². The smallest absolute Gasteiger partial charge is 0.257 e. The summed E-state index contributed by atoms with van der Waals surface area (Å²) >= 11 is 0. The maximum Gasteiger partial charge on any atom is 0.257 e. The molecule has 122 valence electrons. The fourth-order valence-electron chi connectivity index (χ4n) is 2.60. The molecule has 1 aromatic rings. The number of aryl methyl sites for hydroxylation is 1. The number of β-amino-alcohol motifs (C(OH)–C–C–N with tert-alkyl or cyclic N) is 1. The lowest BCUT2D eigenvalue weighted by Crippen LogP contribution is -2.40. The molecule has 1 aromatic heterocycles. The standard InChI is InChI=1S/C15H24N4O3/c1-4-19-7-12(5-16-19)15(22)18-9-13(20)8-17(6-11(2)3)14(21)10-18/h5,7,11,13,20H,4,6,8-10H2,1-3H3. The summed E-state index contributed by atoms with van der Waals surface area (Å²) in [6, 6.07) is 0. The quantitative estimate of drug-likeness (QED) is 0.862. The van der Waals surface area contributed by atoms with E-state index < -0.39 is 6.10 Å². The zero-order chi connectivity index (χ0) is 16.3. The minimum Gasteiger partial charge on any atom is -0.389 e. The third-order valence-corrected chi connectivity index (χ3v) is 3.62. The van der Waals surface area contributed by atoms with Gasteiger partial charge in [0.1, 0.15) is 6.54 Å². The molecule has 0 saturated carbocycles. The number of carbonyl (C=O) groups is 2. The van der Waals surface area contributed by atoms with Gasteiger partial charge in [-0.1, -0.05) is 13.8 Å². The van der Waals surface area contributed by atoms with Crippen molar-refractivity contribution in [1.29, 1.82) is 0 Å². The predicted octanol–water partition coefficient (Wildman–Crippen LogP) is 0.204. The molecule has 1 unspecified atom stereocenters. The number of carbonyl (C=O) groups excluding carboxylic acids is 2. The molecule has 1 fully saturated rings. The van der Waals surface area contributed by atoms with Gasteiger partial charge in [-0.15, -0.1) is 0 Å². The van der Waals surface area contributed by atoms with E-state index >= 15 is 0 Å². The topological polar surface area (TPSA) is 78.7 Å². The predicted molar refractivity (Wildman–Crippen MR) is 81.2 cm³/mol. The largest absolute Gasteiger partial charge is 0.389 e. The van der Waals surface area contributed by atoms with Gasteiger partial charge in [0.15, 0.2) is 0 Å². The first-order valence-electron chi connectivity index (χ1n) is 7.68. The molecule has 1 aliphatic heterocycles. The van der Waals surface area contributed by atoms with Crippen LogP contribution in [0, 0.1) is 5.92 Å². The molecule has 0 aromatic carbocycles. The van der Waals surface area contributed by atoms with Crippen molar-refractivity contribution in [3.8, 4) is 0 Å². The molecule has 0 aliphatic carbocycles. The van der Waals surface area contributed by atoms with Gasteiger partial charge in [-0.25, -0.2) is 0 Å². The van der Waals surface area contributed by atoms with E-state index in [2.05, 4.69) is 5.10 Å². The van der Waals surface area contributed by atoms with Gasteiger partial charge in [0.25, 0.3) is 5.91 Å². The molecule has 0 bridgehead atoms. The van der Waals surface area contributed by atoms with Crippen LogP contribution in [0.5, 0.6) is 0 Å². The maximum absolute atomic E-state index is 12.5. The van der Waals surface area contributed by atoms with Gasteiger partial charge in [-0.2, -0.15) is 5.10 Å². The second kappa shape index (κ2) is 6.91.